The quantitative estimate of drug-likeness (QED) is 0.813. The smallest absolute Gasteiger partial charge is 0.341 e. The predicted octanol–water partition coefficient (Wildman–Crippen LogP) is 2.89. The molecule has 0 aliphatic carbocycles. The van der Waals surface area contributed by atoms with Crippen molar-refractivity contribution in [3.63, 3.8) is 0 Å². The van der Waals surface area contributed by atoms with Crippen molar-refractivity contribution in [1.82, 2.24) is 4.90 Å². The van der Waals surface area contributed by atoms with Crippen LogP contribution in [0.5, 0.6) is 0 Å². The van der Waals surface area contributed by atoms with E-state index in [-0.39, 0.29) is 18.3 Å². The van der Waals surface area contributed by atoms with Gasteiger partial charge in [-0.25, -0.2) is 9.18 Å². The molecule has 0 saturated carbocycles. The Morgan fingerprint density at radius 1 is 1.28 bits per heavy atom. The molecule has 1 amide bonds. The Balaban J connectivity index is 1.93. The summed E-state index contributed by atoms with van der Waals surface area (Å²) < 4.78 is 23.7. The van der Waals surface area contributed by atoms with E-state index in [1.54, 1.807) is 44.0 Å². The Bertz CT molecular complexity index is 785. The molecular formula is C18H21FN2O4. The second kappa shape index (κ2) is 7.94. The van der Waals surface area contributed by atoms with Gasteiger partial charge in [0.15, 0.2) is 0 Å². The van der Waals surface area contributed by atoms with Gasteiger partial charge in [0.05, 0.1) is 20.2 Å². The van der Waals surface area contributed by atoms with E-state index < -0.39 is 5.97 Å². The molecule has 1 N–H and O–H groups in total. The molecule has 1 aromatic heterocycles. The maximum absolute atomic E-state index is 13.5. The van der Waals surface area contributed by atoms with Crippen LogP contribution in [-0.4, -0.2) is 37.5 Å². The predicted molar refractivity (Wildman–Crippen MR) is 90.9 cm³/mol. The zero-order chi connectivity index (χ0) is 18.6. The second-order valence-electron chi connectivity index (χ2n) is 5.86. The molecule has 1 aromatic carbocycles. The number of carbonyl (C=O) groups excluding carboxylic acids is 2. The number of hydrogen-bond acceptors (Lipinski definition) is 5. The van der Waals surface area contributed by atoms with Crippen LogP contribution in [0.2, 0.25) is 0 Å². The van der Waals surface area contributed by atoms with E-state index in [1.165, 1.54) is 13.2 Å². The first-order valence-electron chi connectivity index (χ1n) is 7.72. The molecule has 0 fully saturated rings. The minimum atomic E-state index is -0.464. The molecule has 0 unspecified atom stereocenters. The molecule has 0 radical (unpaired) electrons. The van der Waals surface area contributed by atoms with Gasteiger partial charge in [-0.2, -0.15) is 0 Å². The molecule has 0 atom stereocenters. The number of aryl methyl sites for hydroxylation is 2. The summed E-state index contributed by atoms with van der Waals surface area (Å²) >= 11 is 0. The number of nitrogens with zero attached hydrogens (tertiary/aromatic N) is 1. The highest BCUT2D eigenvalue weighted by atomic mass is 19.1. The number of halogens is 1. The standard InChI is InChI=1S/C18H21FN2O4/c1-11-5-6-13(7-16(11)19)20-17(22)10-21(3)9-14-8-15(12(2)25-14)18(23)24-4/h5-8H,9-10H2,1-4H3,(H,20,22). The van der Waals surface area contributed by atoms with Crippen molar-refractivity contribution in [3.8, 4) is 0 Å². The normalized spacial score (nSPS) is 10.8. The van der Waals surface area contributed by atoms with Crippen LogP contribution in [0.15, 0.2) is 28.7 Å². The molecule has 6 nitrogen and oxygen atoms in total. The van der Waals surface area contributed by atoms with Gasteiger partial charge in [-0.15, -0.1) is 0 Å². The average Bonchev–Trinajstić information content (AvgIpc) is 2.90. The Kier molecular flexibility index (Phi) is 5.93. The van der Waals surface area contributed by atoms with E-state index in [0.29, 0.717) is 34.9 Å². The summed E-state index contributed by atoms with van der Waals surface area (Å²) in [6, 6.07) is 6.14. The summed E-state index contributed by atoms with van der Waals surface area (Å²) in [5, 5.41) is 2.65. The van der Waals surface area contributed by atoms with Crippen LogP contribution < -0.4 is 5.32 Å². The fourth-order valence-electron chi connectivity index (χ4n) is 2.37. The lowest BCUT2D eigenvalue weighted by molar-refractivity contribution is -0.117. The van der Waals surface area contributed by atoms with E-state index in [9.17, 15) is 14.0 Å². The maximum Gasteiger partial charge on any atom is 0.341 e. The number of furan rings is 1. The Labute approximate surface area is 145 Å². The summed E-state index contributed by atoms with van der Waals surface area (Å²) in [5.74, 6) is -0.0894. The van der Waals surface area contributed by atoms with Crippen LogP contribution in [0.25, 0.3) is 0 Å². The lowest BCUT2D eigenvalue weighted by Gasteiger charge is -2.15. The number of nitrogens with one attached hydrogen (secondary N) is 1. The minimum absolute atomic E-state index is 0.0861. The zero-order valence-electron chi connectivity index (χ0n) is 14.7. The topological polar surface area (TPSA) is 71.8 Å². The fraction of sp³-hybridized carbons (Fsp3) is 0.333. The van der Waals surface area contributed by atoms with Crippen molar-refractivity contribution in [1.29, 1.82) is 0 Å². The SMILES string of the molecule is COC(=O)c1cc(CN(C)CC(=O)Nc2ccc(C)c(F)c2)oc1C. The highest BCUT2D eigenvalue weighted by Crippen LogP contribution is 2.17. The third-order valence-electron chi connectivity index (χ3n) is 3.67. The molecule has 0 saturated heterocycles. The van der Waals surface area contributed by atoms with Gasteiger partial charge in [0.2, 0.25) is 5.91 Å². The van der Waals surface area contributed by atoms with E-state index >= 15 is 0 Å². The van der Waals surface area contributed by atoms with Crippen molar-refractivity contribution < 1.29 is 23.1 Å². The van der Waals surface area contributed by atoms with Crippen LogP contribution >= 0.6 is 0 Å². The summed E-state index contributed by atoms with van der Waals surface area (Å²) in [6.07, 6.45) is 0. The maximum atomic E-state index is 13.5. The summed E-state index contributed by atoms with van der Waals surface area (Å²) in [7, 11) is 3.05. The van der Waals surface area contributed by atoms with Crippen LogP contribution in [0.1, 0.15) is 27.4 Å². The van der Waals surface area contributed by atoms with Crippen LogP contribution in [0, 0.1) is 19.7 Å². The summed E-state index contributed by atoms with van der Waals surface area (Å²) in [4.78, 5) is 25.4. The van der Waals surface area contributed by atoms with Gasteiger partial charge in [0, 0.05) is 5.69 Å². The number of anilines is 1. The molecule has 0 aliphatic heterocycles. The van der Waals surface area contributed by atoms with E-state index in [4.69, 9.17) is 4.42 Å². The number of benzene rings is 1. The molecule has 134 valence electrons. The molecule has 0 aliphatic rings. The third-order valence-corrected chi connectivity index (χ3v) is 3.67. The van der Waals surface area contributed by atoms with Gasteiger partial charge in [-0.1, -0.05) is 6.07 Å². The van der Waals surface area contributed by atoms with E-state index in [1.807, 2.05) is 0 Å². The van der Waals surface area contributed by atoms with Gasteiger partial charge in [-0.3, -0.25) is 9.69 Å². The third kappa shape index (κ3) is 4.90. The van der Waals surface area contributed by atoms with Crippen molar-refractivity contribution in [2.24, 2.45) is 0 Å². The van der Waals surface area contributed by atoms with Crippen molar-refractivity contribution in [2.45, 2.75) is 20.4 Å². The van der Waals surface area contributed by atoms with Gasteiger partial charge >= 0.3 is 5.97 Å². The van der Waals surface area contributed by atoms with Crippen molar-refractivity contribution >= 4 is 17.6 Å². The number of rotatable bonds is 6. The highest BCUT2D eigenvalue weighted by molar-refractivity contribution is 5.92. The lowest BCUT2D eigenvalue weighted by atomic mass is 10.2. The number of amides is 1. The minimum Gasteiger partial charge on any atom is -0.465 e. The molecule has 2 aromatic rings. The number of likely N-dealkylation sites (N-methyl/N-ethyl adjacent to an activating group) is 1. The molecule has 1 heterocycles. The van der Waals surface area contributed by atoms with Crippen LogP contribution in [0.4, 0.5) is 10.1 Å². The molecule has 0 spiro atoms. The fourth-order valence-corrected chi connectivity index (χ4v) is 2.37. The molecular weight excluding hydrogens is 327 g/mol. The van der Waals surface area contributed by atoms with E-state index in [2.05, 4.69) is 10.1 Å². The van der Waals surface area contributed by atoms with Crippen LogP contribution in [0.3, 0.4) is 0 Å². The molecule has 25 heavy (non-hydrogen) atoms. The van der Waals surface area contributed by atoms with Gasteiger partial charge < -0.3 is 14.5 Å². The number of methoxy groups -OCH3 is 1. The monoisotopic (exact) mass is 348 g/mol. The summed E-state index contributed by atoms with van der Waals surface area (Å²) in [6.45, 7) is 3.76. The Morgan fingerprint density at radius 2 is 2.00 bits per heavy atom. The first kappa shape index (κ1) is 18.7. The van der Waals surface area contributed by atoms with Gasteiger partial charge in [0.25, 0.3) is 0 Å². The first-order chi connectivity index (χ1) is 11.8. The largest absolute Gasteiger partial charge is 0.465 e. The number of carbonyl (C=O) groups is 2. The van der Waals surface area contributed by atoms with Crippen molar-refractivity contribution in [2.75, 3.05) is 26.0 Å². The number of esters is 1. The van der Waals surface area contributed by atoms with Crippen LogP contribution in [-0.2, 0) is 16.1 Å². The highest BCUT2D eigenvalue weighted by Gasteiger charge is 2.17. The lowest BCUT2D eigenvalue weighted by Crippen LogP contribution is -2.29. The van der Waals surface area contributed by atoms with E-state index in [0.717, 1.165) is 0 Å². The zero-order valence-corrected chi connectivity index (χ0v) is 14.7. The summed E-state index contributed by atoms with van der Waals surface area (Å²) in [5.41, 5.74) is 1.29. The number of hydrogen-bond donors (Lipinski definition) is 1. The molecule has 7 heteroatoms. The first-order valence-corrected chi connectivity index (χ1v) is 7.72. The second-order valence-corrected chi connectivity index (χ2v) is 5.86. The van der Waals surface area contributed by atoms with Gasteiger partial charge in [0.1, 0.15) is 22.9 Å². The van der Waals surface area contributed by atoms with Gasteiger partial charge in [-0.05, 0) is 44.7 Å². The molecule has 0 bridgehead atoms. The Hall–Kier alpha value is -2.67. The Morgan fingerprint density at radius 3 is 2.64 bits per heavy atom. The molecule has 2 rings (SSSR count). The number of ether oxygens (including phenoxy) is 1. The van der Waals surface area contributed by atoms with Crippen molar-refractivity contribution in [3.05, 3.63) is 52.7 Å². The average molecular weight is 348 g/mol.